The zero-order valence-corrected chi connectivity index (χ0v) is 15.5. The molecule has 0 saturated heterocycles. The average molecular weight is 380 g/mol. The number of aromatic nitrogens is 2. The molecular formula is C21H21FN4O2. The summed E-state index contributed by atoms with van der Waals surface area (Å²) in [4.78, 5) is 21.6. The van der Waals surface area contributed by atoms with Gasteiger partial charge in [-0.05, 0) is 30.7 Å². The number of hydrogen-bond donors (Lipinski definition) is 2. The van der Waals surface area contributed by atoms with Crippen molar-refractivity contribution in [1.29, 1.82) is 0 Å². The van der Waals surface area contributed by atoms with Crippen molar-refractivity contribution in [2.24, 2.45) is 0 Å². The number of rotatable bonds is 8. The van der Waals surface area contributed by atoms with Crippen LogP contribution < -0.4 is 10.6 Å². The second-order valence-corrected chi connectivity index (χ2v) is 6.06. The number of carbonyl (C=O) groups is 1. The predicted molar refractivity (Wildman–Crippen MR) is 107 cm³/mol. The third kappa shape index (κ3) is 5.34. The summed E-state index contributed by atoms with van der Waals surface area (Å²) in [6.07, 6.45) is 0.804. The van der Waals surface area contributed by atoms with Crippen LogP contribution in [-0.4, -0.2) is 36.1 Å². The summed E-state index contributed by atoms with van der Waals surface area (Å²) in [5.74, 6) is 0.232. The van der Waals surface area contributed by atoms with E-state index in [0.29, 0.717) is 30.5 Å². The summed E-state index contributed by atoms with van der Waals surface area (Å²) in [6, 6.07) is 16.6. The lowest BCUT2D eigenvalue weighted by molar-refractivity contribution is 0.102. The number of ether oxygens (including phenoxy) is 1. The van der Waals surface area contributed by atoms with E-state index in [0.717, 1.165) is 12.0 Å². The molecule has 0 fully saturated rings. The van der Waals surface area contributed by atoms with Crippen LogP contribution in [0.4, 0.5) is 15.9 Å². The van der Waals surface area contributed by atoms with Crippen molar-refractivity contribution in [2.75, 3.05) is 30.9 Å². The van der Waals surface area contributed by atoms with Crippen LogP contribution in [0.2, 0.25) is 0 Å². The molecule has 2 aromatic carbocycles. The normalized spacial score (nSPS) is 10.5. The number of amides is 1. The first-order valence-electron chi connectivity index (χ1n) is 8.90. The van der Waals surface area contributed by atoms with Crippen LogP contribution in [0.15, 0.2) is 60.7 Å². The number of nitrogens with zero attached hydrogens (tertiary/aromatic N) is 2. The molecule has 2 N–H and O–H groups in total. The van der Waals surface area contributed by atoms with Gasteiger partial charge in [-0.3, -0.25) is 4.79 Å². The van der Waals surface area contributed by atoms with Crippen LogP contribution in [0.25, 0.3) is 11.4 Å². The molecule has 144 valence electrons. The molecule has 3 rings (SSSR count). The molecule has 0 aliphatic heterocycles. The Balaban J connectivity index is 1.85. The number of methoxy groups -OCH3 is 1. The van der Waals surface area contributed by atoms with Crippen molar-refractivity contribution in [3.8, 4) is 11.4 Å². The molecule has 0 aliphatic rings. The minimum Gasteiger partial charge on any atom is -0.385 e. The SMILES string of the molecule is COCCCNc1cc(C(=O)Nc2ccc(F)cc2)nc(-c2ccccc2)n1. The van der Waals surface area contributed by atoms with Crippen molar-refractivity contribution < 1.29 is 13.9 Å². The van der Waals surface area contributed by atoms with E-state index in [1.165, 1.54) is 24.3 Å². The van der Waals surface area contributed by atoms with E-state index < -0.39 is 5.91 Å². The van der Waals surface area contributed by atoms with Gasteiger partial charge in [0.25, 0.3) is 5.91 Å². The molecule has 28 heavy (non-hydrogen) atoms. The van der Waals surface area contributed by atoms with Gasteiger partial charge in [0.2, 0.25) is 0 Å². The van der Waals surface area contributed by atoms with Crippen LogP contribution >= 0.6 is 0 Å². The third-order valence-corrected chi connectivity index (χ3v) is 3.92. The Kier molecular flexibility index (Phi) is 6.64. The van der Waals surface area contributed by atoms with Crippen LogP contribution in [-0.2, 0) is 4.74 Å². The number of hydrogen-bond acceptors (Lipinski definition) is 5. The van der Waals surface area contributed by atoms with Gasteiger partial charge < -0.3 is 15.4 Å². The van der Waals surface area contributed by atoms with Crippen LogP contribution in [0.5, 0.6) is 0 Å². The van der Waals surface area contributed by atoms with Crippen LogP contribution in [0, 0.1) is 5.82 Å². The first kappa shape index (κ1) is 19.4. The smallest absolute Gasteiger partial charge is 0.274 e. The lowest BCUT2D eigenvalue weighted by Crippen LogP contribution is -2.16. The summed E-state index contributed by atoms with van der Waals surface area (Å²) in [7, 11) is 1.65. The maximum Gasteiger partial charge on any atom is 0.274 e. The molecule has 7 heteroatoms. The van der Waals surface area contributed by atoms with Gasteiger partial charge in [0.1, 0.15) is 17.3 Å². The number of halogens is 1. The monoisotopic (exact) mass is 380 g/mol. The van der Waals surface area contributed by atoms with Gasteiger partial charge in [-0.2, -0.15) is 0 Å². The highest BCUT2D eigenvalue weighted by Crippen LogP contribution is 2.19. The number of nitrogens with one attached hydrogen (secondary N) is 2. The second-order valence-electron chi connectivity index (χ2n) is 6.06. The summed E-state index contributed by atoms with van der Waals surface area (Å²) >= 11 is 0. The minimum atomic E-state index is -0.397. The molecule has 0 radical (unpaired) electrons. The average Bonchev–Trinajstić information content (AvgIpc) is 2.73. The molecule has 0 spiro atoms. The Bertz CT molecular complexity index is 917. The quantitative estimate of drug-likeness (QED) is 0.578. The topological polar surface area (TPSA) is 76.1 Å². The lowest BCUT2D eigenvalue weighted by Gasteiger charge is -2.11. The maximum atomic E-state index is 13.1. The molecule has 3 aromatic rings. The van der Waals surface area contributed by atoms with Gasteiger partial charge in [0.05, 0.1) is 0 Å². The number of benzene rings is 2. The molecule has 1 heterocycles. The van der Waals surface area contributed by atoms with Crippen LogP contribution in [0.1, 0.15) is 16.9 Å². The zero-order chi connectivity index (χ0) is 19.8. The van der Waals surface area contributed by atoms with E-state index in [9.17, 15) is 9.18 Å². The van der Waals surface area contributed by atoms with Crippen molar-refractivity contribution in [3.63, 3.8) is 0 Å². The predicted octanol–water partition coefficient (Wildman–Crippen LogP) is 3.98. The summed E-state index contributed by atoms with van der Waals surface area (Å²) in [6.45, 7) is 1.28. The molecule has 0 bridgehead atoms. The van der Waals surface area contributed by atoms with Gasteiger partial charge in [-0.1, -0.05) is 30.3 Å². The molecule has 0 aliphatic carbocycles. The number of carbonyl (C=O) groups excluding carboxylic acids is 1. The molecule has 1 aromatic heterocycles. The van der Waals surface area contributed by atoms with Crippen molar-refractivity contribution in [2.45, 2.75) is 6.42 Å². The summed E-state index contributed by atoms with van der Waals surface area (Å²) in [5, 5.41) is 5.92. The molecule has 0 saturated carbocycles. The Labute approximate surface area is 162 Å². The molecule has 0 unspecified atom stereocenters. The van der Waals surface area contributed by atoms with E-state index in [2.05, 4.69) is 20.6 Å². The van der Waals surface area contributed by atoms with Gasteiger partial charge in [0.15, 0.2) is 5.82 Å². The number of anilines is 2. The highest BCUT2D eigenvalue weighted by atomic mass is 19.1. The van der Waals surface area contributed by atoms with E-state index in [1.807, 2.05) is 30.3 Å². The Morgan fingerprint density at radius 1 is 1.07 bits per heavy atom. The van der Waals surface area contributed by atoms with Gasteiger partial charge in [-0.25, -0.2) is 14.4 Å². The minimum absolute atomic E-state index is 0.215. The van der Waals surface area contributed by atoms with E-state index in [1.54, 1.807) is 13.2 Å². The first-order valence-corrected chi connectivity index (χ1v) is 8.90. The van der Waals surface area contributed by atoms with Crippen molar-refractivity contribution in [3.05, 3.63) is 72.2 Å². The fourth-order valence-electron chi connectivity index (χ4n) is 2.53. The van der Waals surface area contributed by atoms with Crippen molar-refractivity contribution in [1.82, 2.24) is 9.97 Å². The molecule has 1 amide bonds. The second kappa shape index (κ2) is 9.57. The molecule has 0 atom stereocenters. The maximum absolute atomic E-state index is 13.1. The highest BCUT2D eigenvalue weighted by molar-refractivity contribution is 6.03. The standard InChI is InChI=1S/C21H21FN4O2/c1-28-13-5-12-23-19-14-18(21(27)24-17-10-8-16(22)9-11-17)25-20(26-19)15-6-3-2-4-7-15/h2-4,6-11,14H,5,12-13H2,1H3,(H,24,27)(H,23,25,26). The summed E-state index contributed by atoms with van der Waals surface area (Å²) in [5.41, 5.74) is 1.51. The largest absolute Gasteiger partial charge is 0.385 e. The van der Waals surface area contributed by atoms with Crippen molar-refractivity contribution >= 4 is 17.4 Å². The van der Waals surface area contributed by atoms with E-state index >= 15 is 0 Å². The zero-order valence-electron chi connectivity index (χ0n) is 15.5. The van der Waals surface area contributed by atoms with Gasteiger partial charge in [0, 0.05) is 37.6 Å². The Hall–Kier alpha value is -3.32. The van der Waals surface area contributed by atoms with Gasteiger partial charge in [-0.15, -0.1) is 0 Å². The molecule has 6 nitrogen and oxygen atoms in total. The first-order chi connectivity index (χ1) is 13.7. The fraction of sp³-hybridized carbons (Fsp3) is 0.190. The molecular weight excluding hydrogens is 359 g/mol. The lowest BCUT2D eigenvalue weighted by atomic mass is 10.2. The highest BCUT2D eigenvalue weighted by Gasteiger charge is 2.13. The van der Waals surface area contributed by atoms with Gasteiger partial charge >= 0.3 is 0 Å². The fourth-order valence-corrected chi connectivity index (χ4v) is 2.53. The van der Waals surface area contributed by atoms with E-state index in [-0.39, 0.29) is 11.5 Å². The Morgan fingerprint density at radius 2 is 1.82 bits per heavy atom. The summed E-state index contributed by atoms with van der Waals surface area (Å²) < 4.78 is 18.1. The Morgan fingerprint density at radius 3 is 2.54 bits per heavy atom. The van der Waals surface area contributed by atoms with Crippen LogP contribution in [0.3, 0.4) is 0 Å². The third-order valence-electron chi connectivity index (χ3n) is 3.92. The van der Waals surface area contributed by atoms with E-state index in [4.69, 9.17) is 4.74 Å².